The fraction of sp³-hybridized carbons (Fsp3) is 0.625. The first-order chi connectivity index (χ1) is 9.17. The lowest BCUT2D eigenvalue weighted by atomic mass is 9.99. The van der Waals surface area contributed by atoms with Crippen molar-refractivity contribution in [2.45, 2.75) is 52.5 Å². The summed E-state index contributed by atoms with van der Waals surface area (Å²) in [6, 6.07) is 6.66. The number of rotatable bonds is 9. The van der Waals surface area contributed by atoms with Crippen molar-refractivity contribution < 1.29 is 8.78 Å². The lowest BCUT2D eigenvalue weighted by Gasteiger charge is -2.15. The zero-order chi connectivity index (χ0) is 14.1. The molecule has 0 aliphatic carbocycles. The maximum atomic E-state index is 12.6. The van der Waals surface area contributed by atoms with Crippen molar-refractivity contribution in [3.8, 4) is 0 Å². The average Bonchev–Trinajstić information content (AvgIpc) is 2.43. The highest BCUT2D eigenvalue weighted by molar-refractivity contribution is 5.24. The van der Waals surface area contributed by atoms with Gasteiger partial charge in [0, 0.05) is 12.1 Å². The third-order valence-corrected chi connectivity index (χ3v) is 3.51. The van der Waals surface area contributed by atoms with Crippen LogP contribution in [0.3, 0.4) is 0 Å². The molecule has 0 saturated carbocycles. The summed E-state index contributed by atoms with van der Waals surface area (Å²) in [5, 5.41) is 3.38. The molecule has 0 fully saturated rings. The van der Waals surface area contributed by atoms with Crippen LogP contribution in [0, 0.1) is 5.92 Å². The zero-order valence-corrected chi connectivity index (χ0v) is 12.0. The van der Waals surface area contributed by atoms with Crippen LogP contribution in [-0.4, -0.2) is 6.54 Å². The number of nitrogens with one attached hydrogen (secondary N) is 1. The molecule has 19 heavy (non-hydrogen) atoms. The Bertz CT molecular complexity index is 352. The van der Waals surface area contributed by atoms with Gasteiger partial charge in [-0.1, -0.05) is 51.3 Å². The molecule has 1 atom stereocenters. The molecule has 1 N–H and O–H groups in total. The Labute approximate surface area is 115 Å². The van der Waals surface area contributed by atoms with Crippen molar-refractivity contribution in [1.82, 2.24) is 5.32 Å². The number of benzene rings is 1. The number of hydrogen-bond donors (Lipinski definition) is 1. The van der Waals surface area contributed by atoms with Crippen molar-refractivity contribution in [1.29, 1.82) is 0 Å². The van der Waals surface area contributed by atoms with Crippen molar-refractivity contribution in [2.24, 2.45) is 5.92 Å². The van der Waals surface area contributed by atoms with Gasteiger partial charge in [-0.2, -0.15) is 0 Å². The van der Waals surface area contributed by atoms with Gasteiger partial charge in [0.05, 0.1) is 0 Å². The van der Waals surface area contributed by atoms with E-state index in [1.807, 2.05) is 6.07 Å². The van der Waals surface area contributed by atoms with Crippen LogP contribution in [0.5, 0.6) is 0 Å². The van der Waals surface area contributed by atoms with E-state index in [0.29, 0.717) is 12.5 Å². The van der Waals surface area contributed by atoms with Crippen molar-refractivity contribution in [3.05, 3.63) is 35.4 Å². The second kappa shape index (κ2) is 9.03. The van der Waals surface area contributed by atoms with Gasteiger partial charge >= 0.3 is 0 Å². The molecular weight excluding hydrogens is 244 g/mol. The van der Waals surface area contributed by atoms with E-state index in [4.69, 9.17) is 0 Å². The normalized spacial score (nSPS) is 12.9. The molecule has 1 aromatic carbocycles. The summed E-state index contributed by atoms with van der Waals surface area (Å²) in [4.78, 5) is 0. The Kier molecular flexibility index (Phi) is 7.65. The largest absolute Gasteiger partial charge is 0.312 e. The van der Waals surface area contributed by atoms with E-state index in [1.54, 1.807) is 12.1 Å². The van der Waals surface area contributed by atoms with Crippen molar-refractivity contribution in [3.63, 3.8) is 0 Å². The molecule has 1 nitrogen and oxygen atoms in total. The summed E-state index contributed by atoms with van der Waals surface area (Å²) in [7, 11) is 0. The Hall–Kier alpha value is -0.960. The predicted octanol–water partition coefficient (Wildman–Crippen LogP) is 4.93. The van der Waals surface area contributed by atoms with Crippen LogP contribution in [0.15, 0.2) is 24.3 Å². The fourth-order valence-electron chi connectivity index (χ4n) is 2.20. The Balaban J connectivity index is 2.37. The summed E-state index contributed by atoms with van der Waals surface area (Å²) in [5.74, 6) is 0.693. The van der Waals surface area contributed by atoms with E-state index in [1.165, 1.54) is 31.7 Å². The molecule has 0 aromatic heterocycles. The minimum atomic E-state index is -2.38. The first-order valence-electron chi connectivity index (χ1n) is 7.25. The first-order valence-corrected chi connectivity index (χ1v) is 7.25. The first kappa shape index (κ1) is 16.1. The molecule has 0 bridgehead atoms. The molecular formula is C16H25F2N. The van der Waals surface area contributed by atoms with Gasteiger partial charge in [0.1, 0.15) is 0 Å². The van der Waals surface area contributed by atoms with Crippen LogP contribution in [-0.2, 0) is 6.54 Å². The summed E-state index contributed by atoms with van der Waals surface area (Å²) in [6.07, 6.45) is 2.53. The maximum Gasteiger partial charge on any atom is 0.263 e. The van der Waals surface area contributed by atoms with E-state index in [9.17, 15) is 8.78 Å². The van der Waals surface area contributed by atoms with Crippen LogP contribution >= 0.6 is 0 Å². The number of halogens is 2. The fourth-order valence-corrected chi connectivity index (χ4v) is 2.20. The SMILES string of the molecule is CCCCC(CC)CNCc1cccc(C(F)F)c1. The second-order valence-electron chi connectivity index (χ2n) is 5.09. The third kappa shape index (κ3) is 6.15. The molecule has 0 spiro atoms. The van der Waals surface area contributed by atoms with E-state index < -0.39 is 6.43 Å². The highest BCUT2D eigenvalue weighted by Crippen LogP contribution is 2.19. The summed E-state index contributed by atoms with van der Waals surface area (Å²) in [5.41, 5.74) is 1.04. The highest BCUT2D eigenvalue weighted by atomic mass is 19.3. The molecule has 1 rings (SSSR count). The van der Waals surface area contributed by atoms with Gasteiger partial charge in [0.25, 0.3) is 6.43 Å². The van der Waals surface area contributed by atoms with E-state index in [0.717, 1.165) is 12.1 Å². The second-order valence-corrected chi connectivity index (χ2v) is 5.09. The predicted molar refractivity (Wildman–Crippen MR) is 76.4 cm³/mol. The molecule has 0 saturated heterocycles. The smallest absolute Gasteiger partial charge is 0.263 e. The molecule has 1 aromatic rings. The van der Waals surface area contributed by atoms with Gasteiger partial charge in [0.2, 0.25) is 0 Å². The van der Waals surface area contributed by atoms with Crippen LogP contribution < -0.4 is 5.32 Å². The number of hydrogen-bond acceptors (Lipinski definition) is 1. The summed E-state index contributed by atoms with van der Waals surface area (Å²) >= 11 is 0. The van der Waals surface area contributed by atoms with Crippen LogP contribution in [0.2, 0.25) is 0 Å². The lowest BCUT2D eigenvalue weighted by Crippen LogP contribution is -2.22. The van der Waals surface area contributed by atoms with E-state index >= 15 is 0 Å². The molecule has 0 amide bonds. The van der Waals surface area contributed by atoms with Gasteiger partial charge in [-0.05, 0) is 30.5 Å². The van der Waals surface area contributed by atoms with Crippen LogP contribution in [0.1, 0.15) is 57.1 Å². The molecule has 0 radical (unpaired) electrons. The van der Waals surface area contributed by atoms with Gasteiger partial charge in [0.15, 0.2) is 0 Å². The Morgan fingerprint density at radius 2 is 2.00 bits per heavy atom. The molecule has 0 heterocycles. The highest BCUT2D eigenvalue weighted by Gasteiger charge is 2.08. The number of unbranched alkanes of at least 4 members (excludes halogenated alkanes) is 1. The maximum absolute atomic E-state index is 12.6. The van der Waals surface area contributed by atoms with Gasteiger partial charge < -0.3 is 5.32 Å². The summed E-state index contributed by atoms with van der Waals surface area (Å²) in [6.45, 7) is 6.05. The van der Waals surface area contributed by atoms with Gasteiger partial charge in [-0.3, -0.25) is 0 Å². The third-order valence-electron chi connectivity index (χ3n) is 3.51. The number of alkyl halides is 2. The summed E-state index contributed by atoms with van der Waals surface area (Å²) < 4.78 is 25.1. The quantitative estimate of drug-likeness (QED) is 0.670. The van der Waals surface area contributed by atoms with E-state index in [-0.39, 0.29) is 5.56 Å². The molecule has 3 heteroatoms. The molecule has 108 valence electrons. The standard InChI is InChI=1S/C16H25F2N/c1-3-5-7-13(4-2)11-19-12-14-8-6-9-15(10-14)16(17)18/h6,8-10,13,16,19H,3-5,7,11-12H2,1-2H3. The van der Waals surface area contributed by atoms with Crippen molar-refractivity contribution in [2.75, 3.05) is 6.54 Å². The lowest BCUT2D eigenvalue weighted by molar-refractivity contribution is 0.151. The molecule has 0 aliphatic heterocycles. The molecule has 0 aliphatic rings. The molecule has 1 unspecified atom stereocenters. The Morgan fingerprint density at radius 1 is 1.21 bits per heavy atom. The minimum Gasteiger partial charge on any atom is -0.312 e. The Morgan fingerprint density at radius 3 is 2.63 bits per heavy atom. The average molecular weight is 269 g/mol. The van der Waals surface area contributed by atoms with E-state index in [2.05, 4.69) is 19.2 Å². The monoisotopic (exact) mass is 269 g/mol. The van der Waals surface area contributed by atoms with Crippen LogP contribution in [0.4, 0.5) is 8.78 Å². The topological polar surface area (TPSA) is 12.0 Å². The van der Waals surface area contributed by atoms with Crippen molar-refractivity contribution >= 4 is 0 Å². The van der Waals surface area contributed by atoms with Crippen LogP contribution in [0.25, 0.3) is 0 Å². The minimum absolute atomic E-state index is 0.109. The zero-order valence-electron chi connectivity index (χ0n) is 12.0. The van der Waals surface area contributed by atoms with Gasteiger partial charge in [-0.25, -0.2) is 8.78 Å². The van der Waals surface area contributed by atoms with Gasteiger partial charge in [-0.15, -0.1) is 0 Å².